The third kappa shape index (κ3) is 4.74. The van der Waals surface area contributed by atoms with Crippen molar-refractivity contribution in [3.63, 3.8) is 0 Å². The molecule has 1 heterocycles. The maximum atomic E-state index is 12.3. The second-order valence-electron chi connectivity index (χ2n) is 6.70. The van der Waals surface area contributed by atoms with Gasteiger partial charge >= 0.3 is 0 Å². The number of carbonyl (C=O) groups is 1. The minimum Gasteiger partial charge on any atom is -0.396 e. The molecule has 2 aliphatic rings. The van der Waals surface area contributed by atoms with Crippen molar-refractivity contribution in [2.24, 2.45) is 11.8 Å². The Morgan fingerprint density at radius 2 is 1.85 bits per heavy atom. The van der Waals surface area contributed by atoms with Gasteiger partial charge in [-0.2, -0.15) is 0 Å². The van der Waals surface area contributed by atoms with E-state index >= 15 is 0 Å². The molecule has 1 N–H and O–H groups in total. The first-order valence-electron chi connectivity index (χ1n) is 8.26. The maximum absolute atomic E-state index is 12.3. The zero-order chi connectivity index (χ0) is 14.4. The Bertz CT molecular complexity index is 303. The predicted octanol–water partition coefficient (Wildman–Crippen LogP) is 1.73. The molecule has 2 rings (SSSR count). The average molecular weight is 282 g/mol. The Balaban J connectivity index is 1.72. The van der Waals surface area contributed by atoms with Gasteiger partial charge < -0.3 is 10.0 Å². The van der Waals surface area contributed by atoms with Gasteiger partial charge in [-0.25, -0.2) is 0 Å². The number of likely N-dealkylation sites (N-methyl/N-ethyl adjacent to an activating group) is 1. The van der Waals surface area contributed by atoms with Crippen molar-refractivity contribution >= 4 is 5.91 Å². The minimum atomic E-state index is 0.245. The molecule has 1 aliphatic heterocycles. The van der Waals surface area contributed by atoms with Gasteiger partial charge in [0.05, 0.1) is 6.54 Å². The average Bonchev–Trinajstić information content (AvgIpc) is 2.48. The van der Waals surface area contributed by atoms with E-state index < -0.39 is 0 Å². The first-order chi connectivity index (χ1) is 9.69. The molecule has 2 fully saturated rings. The first-order valence-corrected chi connectivity index (χ1v) is 8.26. The van der Waals surface area contributed by atoms with Gasteiger partial charge in [-0.3, -0.25) is 9.69 Å². The van der Waals surface area contributed by atoms with Gasteiger partial charge in [-0.15, -0.1) is 0 Å². The largest absolute Gasteiger partial charge is 0.396 e. The number of rotatable bonds is 5. The number of aliphatic hydroxyl groups is 1. The predicted molar refractivity (Wildman–Crippen MR) is 80.5 cm³/mol. The molecule has 4 nitrogen and oxygen atoms in total. The highest BCUT2D eigenvalue weighted by molar-refractivity contribution is 5.78. The SMILES string of the molecule is CN(CC1CCCCC1)C(=O)CN1CCCC(CO)C1. The molecule has 1 saturated carbocycles. The van der Waals surface area contributed by atoms with E-state index in [0.29, 0.717) is 18.4 Å². The van der Waals surface area contributed by atoms with E-state index in [1.807, 2.05) is 11.9 Å². The molecule has 0 aromatic heterocycles. The van der Waals surface area contributed by atoms with Crippen LogP contribution in [0.2, 0.25) is 0 Å². The standard InChI is InChI=1S/C16H30N2O2/c1-17(10-14-6-3-2-4-7-14)16(20)12-18-9-5-8-15(11-18)13-19/h14-15,19H,2-13H2,1H3. The van der Waals surface area contributed by atoms with Crippen LogP contribution in [0.25, 0.3) is 0 Å². The molecule has 0 bridgehead atoms. The van der Waals surface area contributed by atoms with Gasteiger partial charge in [0, 0.05) is 26.7 Å². The van der Waals surface area contributed by atoms with Crippen molar-refractivity contribution in [2.75, 3.05) is 39.8 Å². The van der Waals surface area contributed by atoms with E-state index in [1.165, 1.54) is 32.1 Å². The highest BCUT2D eigenvalue weighted by atomic mass is 16.3. The summed E-state index contributed by atoms with van der Waals surface area (Å²) in [7, 11) is 1.95. The van der Waals surface area contributed by atoms with Crippen molar-refractivity contribution in [2.45, 2.75) is 44.9 Å². The second kappa shape index (κ2) is 7.99. The molecule has 1 amide bonds. The molecule has 20 heavy (non-hydrogen) atoms. The van der Waals surface area contributed by atoms with Crippen molar-refractivity contribution in [1.82, 2.24) is 9.80 Å². The summed E-state index contributed by atoms with van der Waals surface area (Å²) in [4.78, 5) is 16.4. The second-order valence-corrected chi connectivity index (χ2v) is 6.70. The Labute approximate surface area is 123 Å². The van der Waals surface area contributed by atoms with Gasteiger partial charge in [0.1, 0.15) is 0 Å². The lowest BCUT2D eigenvalue weighted by molar-refractivity contribution is -0.132. The van der Waals surface area contributed by atoms with E-state index in [4.69, 9.17) is 0 Å². The van der Waals surface area contributed by atoms with Crippen LogP contribution in [0.15, 0.2) is 0 Å². The molecule has 1 aliphatic carbocycles. The third-order valence-corrected chi connectivity index (χ3v) is 4.90. The van der Waals surface area contributed by atoms with Gasteiger partial charge in [-0.05, 0) is 44.1 Å². The summed E-state index contributed by atoms with van der Waals surface area (Å²) < 4.78 is 0. The van der Waals surface area contributed by atoms with Gasteiger partial charge in [0.15, 0.2) is 0 Å². The summed E-state index contributed by atoms with van der Waals surface area (Å²) in [5.41, 5.74) is 0. The van der Waals surface area contributed by atoms with Crippen molar-refractivity contribution in [3.05, 3.63) is 0 Å². The molecular formula is C16H30N2O2. The Morgan fingerprint density at radius 3 is 2.55 bits per heavy atom. The summed E-state index contributed by atoms with van der Waals surface area (Å²) in [5.74, 6) is 1.32. The van der Waals surface area contributed by atoms with Gasteiger partial charge in [-0.1, -0.05) is 19.3 Å². The van der Waals surface area contributed by atoms with Gasteiger partial charge in [0.25, 0.3) is 0 Å². The van der Waals surface area contributed by atoms with E-state index in [1.54, 1.807) is 0 Å². The first kappa shape index (κ1) is 15.8. The molecule has 0 spiro atoms. The molecule has 0 radical (unpaired) electrons. The van der Waals surface area contributed by atoms with Crippen LogP contribution in [-0.2, 0) is 4.79 Å². The van der Waals surface area contributed by atoms with Crippen molar-refractivity contribution in [3.8, 4) is 0 Å². The number of nitrogens with zero attached hydrogens (tertiary/aromatic N) is 2. The highest BCUT2D eigenvalue weighted by Gasteiger charge is 2.23. The van der Waals surface area contributed by atoms with Crippen molar-refractivity contribution < 1.29 is 9.90 Å². The van der Waals surface area contributed by atoms with E-state index in [0.717, 1.165) is 32.5 Å². The zero-order valence-electron chi connectivity index (χ0n) is 12.9. The lowest BCUT2D eigenvalue weighted by Gasteiger charge is -2.33. The topological polar surface area (TPSA) is 43.8 Å². The fourth-order valence-electron chi connectivity index (χ4n) is 3.61. The molecular weight excluding hydrogens is 252 g/mol. The monoisotopic (exact) mass is 282 g/mol. The summed E-state index contributed by atoms with van der Waals surface area (Å²) >= 11 is 0. The van der Waals surface area contributed by atoms with Crippen LogP contribution in [0.5, 0.6) is 0 Å². The maximum Gasteiger partial charge on any atom is 0.236 e. The number of piperidine rings is 1. The van der Waals surface area contributed by atoms with Crippen LogP contribution in [0.4, 0.5) is 0 Å². The molecule has 0 aromatic rings. The van der Waals surface area contributed by atoms with Crippen LogP contribution in [-0.4, -0.2) is 60.6 Å². The van der Waals surface area contributed by atoms with Crippen LogP contribution >= 0.6 is 0 Å². The molecule has 1 unspecified atom stereocenters. The third-order valence-electron chi connectivity index (χ3n) is 4.90. The molecule has 116 valence electrons. The van der Waals surface area contributed by atoms with Crippen LogP contribution < -0.4 is 0 Å². The Morgan fingerprint density at radius 1 is 1.15 bits per heavy atom. The number of hydrogen-bond donors (Lipinski definition) is 1. The molecule has 0 aromatic carbocycles. The zero-order valence-corrected chi connectivity index (χ0v) is 12.9. The smallest absolute Gasteiger partial charge is 0.236 e. The number of likely N-dealkylation sites (tertiary alicyclic amines) is 1. The fraction of sp³-hybridized carbons (Fsp3) is 0.938. The van der Waals surface area contributed by atoms with Crippen LogP contribution in [0.3, 0.4) is 0 Å². The van der Waals surface area contributed by atoms with Crippen molar-refractivity contribution in [1.29, 1.82) is 0 Å². The Kier molecular flexibility index (Phi) is 6.30. The summed E-state index contributed by atoms with van der Waals surface area (Å²) in [5, 5.41) is 9.25. The highest BCUT2D eigenvalue weighted by Crippen LogP contribution is 2.24. The number of hydrogen-bond acceptors (Lipinski definition) is 3. The molecule has 4 heteroatoms. The number of carbonyl (C=O) groups excluding carboxylic acids is 1. The number of amides is 1. The number of aliphatic hydroxyl groups excluding tert-OH is 1. The Hall–Kier alpha value is -0.610. The van der Waals surface area contributed by atoms with E-state index in [9.17, 15) is 9.90 Å². The summed E-state index contributed by atoms with van der Waals surface area (Å²) in [6.07, 6.45) is 8.80. The fourth-order valence-corrected chi connectivity index (χ4v) is 3.61. The minimum absolute atomic E-state index is 0.245. The molecule has 1 saturated heterocycles. The quantitative estimate of drug-likeness (QED) is 0.835. The lowest BCUT2D eigenvalue weighted by Crippen LogP contribution is -2.44. The normalized spacial score (nSPS) is 25.6. The van der Waals surface area contributed by atoms with E-state index in [2.05, 4.69) is 4.90 Å². The van der Waals surface area contributed by atoms with E-state index in [-0.39, 0.29) is 12.5 Å². The van der Waals surface area contributed by atoms with Crippen LogP contribution in [0.1, 0.15) is 44.9 Å². The van der Waals surface area contributed by atoms with Crippen LogP contribution in [0, 0.1) is 11.8 Å². The summed E-state index contributed by atoms with van der Waals surface area (Å²) in [6.45, 7) is 3.58. The van der Waals surface area contributed by atoms with Gasteiger partial charge in [0.2, 0.25) is 5.91 Å². The molecule has 1 atom stereocenters. The summed E-state index contributed by atoms with van der Waals surface area (Å²) in [6, 6.07) is 0. The lowest BCUT2D eigenvalue weighted by atomic mass is 9.89.